The zero-order valence-corrected chi connectivity index (χ0v) is 9.95. The maximum atomic E-state index is 10.5. The number of carbonyl (C=O) groups excluding carboxylic acids is 1. The van der Waals surface area contributed by atoms with Gasteiger partial charge in [0.2, 0.25) is 5.91 Å². The van der Waals surface area contributed by atoms with Crippen LogP contribution in [0.1, 0.15) is 12.0 Å². The first-order valence-corrected chi connectivity index (χ1v) is 5.21. The molecule has 2 N–H and O–H groups in total. The number of primary amides is 1. The highest BCUT2D eigenvalue weighted by Crippen LogP contribution is 2.24. The minimum atomic E-state index is -0.345. The summed E-state index contributed by atoms with van der Waals surface area (Å²) >= 11 is 3.35. The van der Waals surface area contributed by atoms with E-state index in [9.17, 15) is 4.79 Å². The molecule has 0 atom stereocenters. The van der Waals surface area contributed by atoms with E-state index in [4.69, 9.17) is 10.5 Å². The standard InChI is InChI=1S/C11H12BrNO2/c1-15-10-7-9(12)6-5-8(10)3-2-4-11(13)14/h2-3,5-7H,4H2,1H3,(H2,13,14). The molecule has 1 amide bonds. The Hall–Kier alpha value is -1.29. The Kier molecular flexibility index (Phi) is 4.37. The molecule has 0 aliphatic heterocycles. The van der Waals surface area contributed by atoms with E-state index in [1.165, 1.54) is 0 Å². The van der Waals surface area contributed by atoms with Crippen LogP contribution in [0.4, 0.5) is 0 Å². The molecule has 0 aliphatic carbocycles. The zero-order valence-electron chi connectivity index (χ0n) is 8.37. The number of rotatable bonds is 4. The predicted octanol–water partition coefficient (Wildman–Crippen LogP) is 2.35. The lowest BCUT2D eigenvalue weighted by Crippen LogP contribution is -2.07. The molecule has 80 valence electrons. The van der Waals surface area contributed by atoms with Crippen molar-refractivity contribution in [2.75, 3.05) is 7.11 Å². The highest BCUT2D eigenvalue weighted by Gasteiger charge is 1.99. The SMILES string of the molecule is COc1cc(Br)ccc1C=CCC(N)=O. The fourth-order valence-electron chi connectivity index (χ4n) is 1.12. The van der Waals surface area contributed by atoms with E-state index in [-0.39, 0.29) is 12.3 Å². The summed E-state index contributed by atoms with van der Waals surface area (Å²) in [6, 6.07) is 5.68. The van der Waals surface area contributed by atoms with Crippen LogP contribution >= 0.6 is 15.9 Å². The van der Waals surface area contributed by atoms with Crippen LogP contribution in [-0.2, 0) is 4.79 Å². The fourth-order valence-corrected chi connectivity index (χ4v) is 1.46. The van der Waals surface area contributed by atoms with Crippen LogP contribution in [0.2, 0.25) is 0 Å². The van der Waals surface area contributed by atoms with Crippen molar-refractivity contribution in [2.24, 2.45) is 5.73 Å². The number of halogens is 1. The maximum Gasteiger partial charge on any atom is 0.221 e. The molecule has 0 aromatic heterocycles. The average Bonchev–Trinajstić information content (AvgIpc) is 2.19. The molecule has 0 saturated carbocycles. The van der Waals surface area contributed by atoms with E-state index in [1.807, 2.05) is 24.3 Å². The first-order chi connectivity index (χ1) is 7.13. The third-order valence-electron chi connectivity index (χ3n) is 1.81. The van der Waals surface area contributed by atoms with Gasteiger partial charge in [0.25, 0.3) is 0 Å². The molecule has 0 aliphatic rings. The van der Waals surface area contributed by atoms with Crippen LogP contribution in [0.15, 0.2) is 28.7 Å². The number of hydrogen-bond donors (Lipinski definition) is 1. The minimum Gasteiger partial charge on any atom is -0.496 e. The van der Waals surface area contributed by atoms with Crippen molar-refractivity contribution in [1.82, 2.24) is 0 Å². The minimum absolute atomic E-state index is 0.235. The topological polar surface area (TPSA) is 52.3 Å². The van der Waals surface area contributed by atoms with Crippen LogP contribution in [0, 0.1) is 0 Å². The fraction of sp³-hybridized carbons (Fsp3) is 0.182. The molecule has 1 rings (SSSR count). The Labute approximate surface area is 97.0 Å². The molecular weight excluding hydrogens is 258 g/mol. The number of nitrogens with two attached hydrogens (primary N) is 1. The van der Waals surface area contributed by atoms with E-state index in [1.54, 1.807) is 13.2 Å². The Balaban J connectivity index is 2.84. The summed E-state index contributed by atoms with van der Waals surface area (Å²) in [5.41, 5.74) is 5.94. The lowest BCUT2D eigenvalue weighted by atomic mass is 10.2. The Morgan fingerprint density at radius 2 is 2.33 bits per heavy atom. The molecule has 0 saturated heterocycles. The highest BCUT2D eigenvalue weighted by molar-refractivity contribution is 9.10. The lowest BCUT2D eigenvalue weighted by Gasteiger charge is -2.04. The van der Waals surface area contributed by atoms with Gasteiger partial charge in [-0.25, -0.2) is 0 Å². The van der Waals surface area contributed by atoms with Crippen LogP contribution in [0.25, 0.3) is 6.08 Å². The first-order valence-electron chi connectivity index (χ1n) is 4.42. The van der Waals surface area contributed by atoms with Gasteiger partial charge in [-0.3, -0.25) is 4.79 Å². The van der Waals surface area contributed by atoms with Gasteiger partial charge < -0.3 is 10.5 Å². The predicted molar refractivity (Wildman–Crippen MR) is 63.5 cm³/mol. The molecule has 1 aromatic rings. The van der Waals surface area contributed by atoms with Gasteiger partial charge >= 0.3 is 0 Å². The Morgan fingerprint density at radius 1 is 1.60 bits per heavy atom. The highest BCUT2D eigenvalue weighted by atomic mass is 79.9. The van der Waals surface area contributed by atoms with Crippen molar-refractivity contribution >= 4 is 27.9 Å². The Bertz CT molecular complexity index is 388. The summed E-state index contributed by atoms with van der Waals surface area (Å²) < 4.78 is 6.14. The second-order valence-corrected chi connectivity index (χ2v) is 3.87. The van der Waals surface area contributed by atoms with E-state index in [2.05, 4.69) is 15.9 Å². The van der Waals surface area contributed by atoms with E-state index in [0.29, 0.717) is 0 Å². The quantitative estimate of drug-likeness (QED) is 0.913. The van der Waals surface area contributed by atoms with Crippen molar-refractivity contribution in [3.8, 4) is 5.75 Å². The largest absolute Gasteiger partial charge is 0.496 e. The van der Waals surface area contributed by atoms with Crippen LogP contribution in [0.5, 0.6) is 5.75 Å². The summed E-state index contributed by atoms with van der Waals surface area (Å²) in [6.45, 7) is 0. The summed E-state index contributed by atoms with van der Waals surface area (Å²) in [5.74, 6) is 0.410. The van der Waals surface area contributed by atoms with Crippen molar-refractivity contribution < 1.29 is 9.53 Å². The molecule has 4 heteroatoms. The van der Waals surface area contributed by atoms with Crippen molar-refractivity contribution in [3.05, 3.63) is 34.3 Å². The smallest absolute Gasteiger partial charge is 0.221 e. The first kappa shape index (κ1) is 11.8. The average molecular weight is 270 g/mol. The number of carbonyl (C=O) groups is 1. The molecule has 0 spiro atoms. The van der Waals surface area contributed by atoms with E-state index in [0.717, 1.165) is 15.8 Å². The van der Waals surface area contributed by atoms with Crippen LogP contribution in [-0.4, -0.2) is 13.0 Å². The number of ether oxygens (including phenoxy) is 1. The summed E-state index contributed by atoms with van der Waals surface area (Å²) in [4.78, 5) is 10.5. The van der Waals surface area contributed by atoms with Crippen molar-refractivity contribution in [2.45, 2.75) is 6.42 Å². The van der Waals surface area contributed by atoms with Gasteiger partial charge in [0.1, 0.15) is 5.75 Å². The molecule has 0 unspecified atom stereocenters. The third-order valence-corrected chi connectivity index (χ3v) is 2.31. The zero-order chi connectivity index (χ0) is 11.3. The normalized spacial score (nSPS) is 10.5. The molecule has 0 heterocycles. The molecule has 1 aromatic carbocycles. The number of methoxy groups -OCH3 is 1. The van der Waals surface area contributed by atoms with Crippen molar-refractivity contribution in [1.29, 1.82) is 0 Å². The van der Waals surface area contributed by atoms with E-state index >= 15 is 0 Å². The summed E-state index contributed by atoms with van der Waals surface area (Å²) in [6.07, 6.45) is 3.77. The number of benzene rings is 1. The number of amides is 1. The van der Waals surface area contributed by atoms with E-state index < -0.39 is 0 Å². The monoisotopic (exact) mass is 269 g/mol. The molecule has 0 bridgehead atoms. The summed E-state index contributed by atoms with van der Waals surface area (Å²) in [7, 11) is 1.60. The van der Waals surface area contributed by atoms with Gasteiger partial charge in [0.05, 0.1) is 7.11 Å². The van der Waals surface area contributed by atoms with Gasteiger partial charge in [-0.1, -0.05) is 34.1 Å². The second kappa shape index (κ2) is 5.56. The van der Waals surface area contributed by atoms with Gasteiger partial charge in [0, 0.05) is 16.5 Å². The Morgan fingerprint density at radius 3 is 2.93 bits per heavy atom. The maximum absolute atomic E-state index is 10.5. The van der Waals surface area contributed by atoms with Gasteiger partial charge in [-0.2, -0.15) is 0 Å². The lowest BCUT2D eigenvalue weighted by molar-refractivity contribution is -0.117. The molecule has 0 radical (unpaired) electrons. The second-order valence-electron chi connectivity index (χ2n) is 2.96. The third kappa shape index (κ3) is 3.75. The number of hydrogen-bond acceptors (Lipinski definition) is 2. The molecule has 3 nitrogen and oxygen atoms in total. The summed E-state index contributed by atoms with van der Waals surface area (Å²) in [5, 5.41) is 0. The molecule has 0 fully saturated rings. The van der Waals surface area contributed by atoms with Gasteiger partial charge in [-0.05, 0) is 12.1 Å². The molecular formula is C11H12BrNO2. The van der Waals surface area contributed by atoms with Crippen molar-refractivity contribution in [3.63, 3.8) is 0 Å². The van der Waals surface area contributed by atoms with Crippen LogP contribution in [0.3, 0.4) is 0 Å². The molecule has 15 heavy (non-hydrogen) atoms. The van der Waals surface area contributed by atoms with Gasteiger partial charge in [-0.15, -0.1) is 0 Å². The van der Waals surface area contributed by atoms with Gasteiger partial charge in [0.15, 0.2) is 0 Å². The van der Waals surface area contributed by atoms with Crippen LogP contribution < -0.4 is 10.5 Å².